The molecule has 0 bridgehead atoms. The van der Waals surface area contributed by atoms with E-state index in [2.05, 4.69) is 98.9 Å². The minimum Gasteiger partial charge on any atom is -0.477 e. The van der Waals surface area contributed by atoms with E-state index in [1.54, 1.807) is 0 Å². The van der Waals surface area contributed by atoms with Gasteiger partial charge in [0, 0.05) is 19.3 Å². The number of aliphatic carboxylic acids is 1. The van der Waals surface area contributed by atoms with Crippen LogP contribution in [-0.4, -0.2) is 80.6 Å². The van der Waals surface area contributed by atoms with Gasteiger partial charge in [-0.05, 0) is 83.5 Å². The van der Waals surface area contributed by atoms with Crippen molar-refractivity contribution in [3.8, 4) is 0 Å². The van der Waals surface area contributed by atoms with Crippen molar-refractivity contribution in [3.05, 3.63) is 85.1 Å². The van der Waals surface area contributed by atoms with Crippen molar-refractivity contribution in [1.82, 2.24) is 0 Å². The minimum absolute atomic E-state index is 0.0387. The van der Waals surface area contributed by atoms with Crippen LogP contribution in [-0.2, 0) is 28.6 Å². The zero-order valence-electron chi connectivity index (χ0n) is 37.5. The van der Waals surface area contributed by atoms with Crippen LogP contribution in [0, 0.1) is 0 Å². The maximum absolute atomic E-state index is 12.7. The molecule has 58 heavy (non-hydrogen) atoms. The zero-order valence-corrected chi connectivity index (χ0v) is 37.5. The smallest absolute Gasteiger partial charge is 0.362 e. The molecule has 8 nitrogen and oxygen atoms in total. The molecule has 2 unspecified atom stereocenters. The Labute approximate surface area is 354 Å². The second-order valence-electron chi connectivity index (χ2n) is 15.9. The van der Waals surface area contributed by atoms with E-state index in [4.69, 9.17) is 14.2 Å². The summed E-state index contributed by atoms with van der Waals surface area (Å²) in [7, 11) is 5.50. The monoisotopic (exact) mass is 811 g/mol. The van der Waals surface area contributed by atoms with E-state index in [-0.39, 0.29) is 42.7 Å². The molecule has 0 aromatic heterocycles. The Hall–Kier alpha value is -3.49. The molecule has 0 aliphatic heterocycles. The summed E-state index contributed by atoms with van der Waals surface area (Å²) in [4.78, 5) is 37.0. The molecule has 0 heterocycles. The van der Waals surface area contributed by atoms with Crippen LogP contribution in [0.2, 0.25) is 0 Å². The van der Waals surface area contributed by atoms with Gasteiger partial charge in [-0.1, -0.05) is 144 Å². The molecular weight excluding hydrogens is 727 g/mol. The number of unbranched alkanes of at least 4 members (excludes halogenated alkanes) is 12. The standard InChI is InChI=1S/C50H83NO7/c1-6-8-10-12-14-16-18-20-22-23-24-25-27-29-31-33-35-37-39-41-49(53)58-46(44-56-43-42-47(50(54)55)51(3,4)5)45-57-48(52)40-38-36-34-32-30-28-26-21-19-17-15-13-11-9-7-2/h8,10,14-17,19-22,24-25,29,31,46-47H,6-7,9,11-13,18,23,26-28,30,32-45H2,1-5H3/p+1/b10-8+,16-14+,17-15+,21-19+,22-20+,25-24+,31-29+. The molecule has 0 spiro atoms. The van der Waals surface area contributed by atoms with Gasteiger partial charge in [-0.15, -0.1) is 0 Å². The first-order chi connectivity index (χ1) is 28.1. The van der Waals surface area contributed by atoms with Crippen LogP contribution in [0.5, 0.6) is 0 Å². The first-order valence-electron chi connectivity index (χ1n) is 22.6. The largest absolute Gasteiger partial charge is 0.477 e. The van der Waals surface area contributed by atoms with Crippen molar-refractivity contribution in [2.45, 2.75) is 174 Å². The molecule has 8 heteroatoms. The lowest BCUT2D eigenvalue weighted by Gasteiger charge is -2.31. The fraction of sp³-hybridized carbons (Fsp3) is 0.660. The van der Waals surface area contributed by atoms with Gasteiger partial charge in [0.2, 0.25) is 0 Å². The van der Waals surface area contributed by atoms with Crippen molar-refractivity contribution >= 4 is 17.9 Å². The Balaban J connectivity index is 4.44. The van der Waals surface area contributed by atoms with E-state index >= 15 is 0 Å². The summed E-state index contributed by atoms with van der Waals surface area (Å²) in [6, 6.07) is -0.627. The van der Waals surface area contributed by atoms with E-state index in [1.165, 1.54) is 32.1 Å². The Bertz CT molecular complexity index is 1220. The summed E-state index contributed by atoms with van der Waals surface area (Å²) in [5.74, 6) is -1.54. The third kappa shape index (κ3) is 38.1. The first kappa shape index (κ1) is 54.5. The Kier molecular flexibility index (Phi) is 37.9. The molecule has 1 N–H and O–H groups in total. The Morgan fingerprint density at radius 3 is 1.55 bits per heavy atom. The maximum atomic E-state index is 12.7. The zero-order chi connectivity index (χ0) is 42.8. The first-order valence-corrected chi connectivity index (χ1v) is 22.6. The van der Waals surface area contributed by atoms with Gasteiger partial charge in [0.05, 0.1) is 34.4 Å². The number of carboxylic acid groups (broad SMARTS) is 1. The molecule has 0 amide bonds. The number of likely N-dealkylation sites (N-methyl/N-ethyl adjacent to an activating group) is 1. The molecule has 0 aliphatic rings. The number of carboxylic acids is 1. The van der Waals surface area contributed by atoms with Gasteiger partial charge >= 0.3 is 17.9 Å². The topological polar surface area (TPSA) is 99.1 Å². The number of ether oxygens (including phenoxy) is 3. The number of nitrogens with zero attached hydrogens (tertiary/aromatic N) is 1. The molecular formula is C50H84NO7+. The van der Waals surface area contributed by atoms with Crippen LogP contribution in [0.3, 0.4) is 0 Å². The van der Waals surface area contributed by atoms with E-state index in [0.717, 1.165) is 89.9 Å². The third-order valence-electron chi connectivity index (χ3n) is 9.56. The predicted molar refractivity (Wildman–Crippen MR) is 243 cm³/mol. The number of hydrogen-bond donors (Lipinski definition) is 1. The van der Waals surface area contributed by atoms with Gasteiger partial charge in [-0.2, -0.15) is 0 Å². The highest BCUT2D eigenvalue weighted by Crippen LogP contribution is 2.12. The highest BCUT2D eigenvalue weighted by atomic mass is 16.6. The van der Waals surface area contributed by atoms with Crippen molar-refractivity contribution in [3.63, 3.8) is 0 Å². The molecule has 0 aromatic rings. The van der Waals surface area contributed by atoms with E-state index in [0.29, 0.717) is 19.3 Å². The molecule has 0 radical (unpaired) electrons. The number of hydrogen-bond acceptors (Lipinski definition) is 6. The quantitative estimate of drug-likeness (QED) is 0.0217. The number of esters is 2. The highest BCUT2D eigenvalue weighted by molar-refractivity contribution is 5.72. The van der Waals surface area contributed by atoms with E-state index in [1.807, 2.05) is 21.1 Å². The molecule has 0 saturated carbocycles. The lowest BCUT2D eigenvalue weighted by molar-refractivity contribution is -0.887. The lowest BCUT2D eigenvalue weighted by atomic mass is 10.1. The SMILES string of the molecule is CC/C=C/C/C=C/C/C=C/C/C=C/C/C=C/CCCCCC(=O)OC(COCCC(C(=O)O)[N+](C)(C)C)COC(=O)CCCCCCCC/C=C/C=C/CCCCC. The number of rotatable bonds is 39. The maximum Gasteiger partial charge on any atom is 0.362 e. The predicted octanol–water partition coefficient (Wildman–Crippen LogP) is 12.5. The molecule has 330 valence electrons. The van der Waals surface area contributed by atoms with Crippen molar-refractivity contribution in [1.29, 1.82) is 0 Å². The molecule has 0 aromatic carbocycles. The van der Waals surface area contributed by atoms with Crippen LogP contribution in [0.15, 0.2) is 85.1 Å². The van der Waals surface area contributed by atoms with Crippen LogP contribution >= 0.6 is 0 Å². The summed E-state index contributed by atoms with van der Waals surface area (Å²) >= 11 is 0. The molecule has 0 fully saturated rings. The van der Waals surface area contributed by atoms with Crippen LogP contribution in [0.1, 0.15) is 162 Å². The number of allylic oxidation sites excluding steroid dienone is 14. The summed E-state index contributed by atoms with van der Waals surface area (Å²) < 4.78 is 17.2. The summed E-state index contributed by atoms with van der Waals surface area (Å²) in [5.41, 5.74) is 0. The average molecular weight is 811 g/mol. The second-order valence-corrected chi connectivity index (χ2v) is 15.9. The highest BCUT2D eigenvalue weighted by Gasteiger charge is 2.31. The van der Waals surface area contributed by atoms with E-state index < -0.39 is 18.1 Å². The fourth-order valence-electron chi connectivity index (χ4n) is 6.05. The summed E-state index contributed by atoms with van der Waals surface area (Å²) in [5, 5.41) is 9.62. The average Bonchev–Trinajstić information content (AvgIpc) is 3.18. The number of carbonyl (C=O) groups is 3. The van der Waals surface area contributed by atoms with Crippen molar-refractivity contribution in [2.24, 2.45) is 0 Å². The fourth-order valence-corrected chi connectivity index (χ4v) is 6.05. The molecule has 0 aliphatic carbocycles. The van der Waals surface area contributed by atoms with Gasteiger partial charge in [0.15, 0.2) is 12.1 Å². The summed E-state index contributed by atoms with van der Waals surface area (Å²) in [6.07, 6.45) is 51.9. The minimum atomic E-state index is -0.886. The number of quaternary nitrogens is 1. The van der Waals surface area contributed by atoms with E-state index in [9.17, 15) is 19.5 Å². The molecule has 0 rings (SSSR count). The van der Waals surface area contributed by atoms with Gasteiger partial charge in [-0.25, -0.2) is 4.79 Å². The number of carbonyl (C=O) groups excluding carboxylic acids is 2. The molecule has 2 atom stereocenters. The third-order valence-corrected chi connectivity index (χ3v) is 9.56. The Morgan fingerprint density at radius 2 is 1.02 bits per heavy atom. The second kappa shape index (κ2) is 40.3. The van der Waals surface area contributed by atoms with Crippen LogP contribution in [0.25, 0.3) is 0 Å². The van der Waals surface area contributed by atoms with Gasteiger partial charge in [0.25, 0.3) is 0 Å². The molecule has 0 saturated heterocycles. The lowest BCUT2D eigenvalue weighted by Crippen LogP contribution is -2.50. The van der Waals surface area contributed by atoms with Crippen molar-refractivity contribution in [2.75, 3.05) is 41.0 Å². The van der Waals surface area contributed by atoms with Crippen LogP contribution < -0.4 is 0 Å². The van der Waals surface area contributed by atoms with Gasteiger partial charge in [0.1, 0.15) is 6.61 Å². The van der Waals surface area contributed by atoms with Crippen LogP contribution in [0.4, 0.5) is 0 Å². The van der Waals surface area contributed by atoms with Crippen molar-refractivity contribution < 1.29 is 38.2 Å². The normalized spacial score (nSPS) is 13.7. The Morgan fingerprint density at radius 1 is 0.552 bits per heavy atom. The van der Waals surface area contributed by atoms with Gasteiger partial charge in [-0.3, -0.25) is 9.59 Å². The van der Waals surface area contributed by atoms with Gasteiger partial charge < -0.3 is 23.8 Å². The summed E-state index contributed by atoms with van der Waals surface area (Å²) in [6.45, 7) is 4.53.